The predicted molar refractivity (Wildman–Crippen MR) is 50.3 cm³/mol. The molecule has 0 atom stereocenters. The fraction of sp³-hybridized carbons (Fsp3) is 0. The van der Waals surface area contributed by atoms with Crippen LogP contribution in [0.3, 0.4) is 0 Å². The summed E-state index contributed by atoms with van der Waals surface area (Å²) in [7, 11) is 0. The van der Waals surface area contributed by atoms with Gasteiger partial charge in [0.05, 0.1) is 11.1 Å². The Kier molecular flexibility index (Phi) is 1.81. The maximum Gasteiger partial charge on any atom is 0.377 e. The molecule has 2 rings (SSSR count). The molecule has 0 unspecified atom stereocenters. The molecule has 0 aliphatic rings. The van der Waals surface area contributed by atoms with Crippen molar-refractivity contribution in [1.82, 2.24) is 4.98 Å². The molecule has 1 aromatic carbocycles. The fourth-order valence-corrected chi connectivity index (χ4v) is 1.39. The summed E-state index contributed by atoms with van der Waals surface area (Å²) in [5.41, 5.74) is 0.764. The van der Waals surface area contributed by atoms with Crippen LogP contribution in [0.1, 0.15) is 10.4 Å². The maximum absolute atomic E-state index is 11.2. The quantitative estimate of drug-likeness (QED) is 0.554. The van der Waals surface area contributed by atoms with Crippen molar-refractivity contribution in [2.75, 3.05) is 0 Å². The summed E-state index contributed by atoms with van der Waals surface area (Å²) in [5.74, 6) is -2.33. The summed E-state index contributed by atoms with van der Waals surface area (Å²) in [5, 5.41) is 9.40. The van der Waals surface area contributed by atoms with Crippen LogP contribution in [0.2, 0.25) is 0 Å². The van der Waals surface area contributed by atoms with Crippen molar-refractivity contribution in [1.29, 1.82) is 0 Å². The minimum absolute atomic E-state index is 0.194. The number of nitrogens with one attached hydrogen (secondary N) is 1. The van der Waals surface area contributed by atoms with Crippen molar-refractivity contribution >= 4 is 22.7 Å². The molecule has 0 radical (unpaired) electrons. The van der Waals surface area contributed by atoms with Gasteiger partial charge in [0.2, 0.25) is 0 Å². The molecule has 1 heterocycles. The summed E-state index contributed by atoms with van der Waals surface area (Å²) in [4.78, 5) is 24.6. The molecule has 14 heavy (non-hydrogen) atoms. The van der Waals surface area contributed by atoms with Gasteiger partial charge in [-0.15, -0.1) is 0 Å². The van der Waals surface area contributed by atoms with E-state index in [-0.39, 0.29) is 5.56 Å². The van der Waals surface area contributed by atoms with Crippen LogP contribution in [0, 0.1) is 0 Å². The zero-order chi connectivity index (χ0) is 10.1. The fourth-order valence-electron chi connectivity index (χ4n) is 1.39. The highest BCUT2D eigenvalue weighted by molar-refractivity contribution is 6.42. The van der Waals surface area contributed by atoms with Crippen molar-refractivity contribution in [2.24, 2.45) is 0 Å². The van der Waals surface area contributed by atoms with Crippen molar-refractivity contribution < 1.29 is 14.7 Å². The van der Waals surface area contributed by atoms with Crippen LogP contribution in [0.15, 0.2) is 30.5 Å². The zero-order valence-corrected chi connectivity index (χ0v) is 7.15. The van der Waals surface area contributed by atoms with Gasteiger partial charge >= 0.3 is 5.97 Å². The lowest BCUT2D eigenvalue weighted by Crippen LogP contribution is -2.12. The Hall–Kier alpha value is -2.10. The second-order valence-electron chi connectivity index (χ2n) is 2.88. The van der Waals surface area contributed by atoms with E-state index in [1.807, 2.05) is 6.07 Å². The van der Waals surface area contributed by atoms with Gasteiger partial charge in [0.25, 0.3) is 5.78 Å². The Morgan fingerprint density at radius 2 is 2.00 bits per heavy atom. The summed E-state index contributed by atoms with van der Waals surface area (Å²) < 4.78 is 0. The van der Waals surface area contributed by atoms with Crippen molar-refractivity contribution in [3.63, 3.8) is 0 Å². The highest BCUT2D eigenvalue weighted by atomic mass is 16.4. The number of hydrogen-bond acceptors (Lipinski definition) is 2. The monoisotopic (exact) mass is 189 g/mol. The molecule has 70 valence electrons. The number of carbonyl (C=O) groups is 2. The van der Waals surface area contributed by atoms with E-state index in [0.717, 1.165) is 5.39 Å². The van der Waals surface area contributed by atoms with E-state index in [1.54, 1.807) is 18.3 Å². The number of hydrogen-bond donors (Lipinski definition) is 2. The van der Waals surface area contributed by atoms with E-state index < -0.39 is 11.8 Å². The number of rotatable bonds is 2. The Morgan fingerprint density at radius 3 is 2.71 bits per heavy atom. The Bertz CT molecular complexity index is 513. The van der Waals surface area contributed by atoms with Gasteiger partial charge in [-0.05, 0) is 12.1 Å². The molecule has 0 fully saturated rings. The molecule has 0 bridgehead atoms. The number of carboxylic acids is 1. The van der Waals surface area contributed by atoms with Gasteiger partial charge in [0.1, 0.15) is 0 Å². The Morgan fingerprint density at radius 1 is 1.21 bits per heavy atom. The van der Waals surface area contributed by atoms with Gasteiger partial charge in [-0.1, -0.05) is 12.1 Å². The number of benzene rings is 1. The normalized spacial score (nSPS) is 10.3. The van der Waals surface area contributed by atoms with Gasteiger partial charge in [-0.2, -0.15) is 0 Å². The summed E-state index contributed by atoms with van der Waals surface area (Å²) in [6, 6.07) is 6.75. The smallest absolute Gasteiger partial charge is 0.377 e. The summed E-state index contributed by atoms with van der Waals surface area (Å²) in [6.07, 6.45) is 1.67. The van der Waals surface area contributed by atoms with E-state index >= 15 is 0 Å². The summed E-state index contributed by atoms with van der Waals surface area (Å²) >= 11 is 0. The van der Waals surface area contributed by atoms with E-state index in [1.165, 1.54) is 6.07 Å². The van der Waals surface area contributed by atoms with Gasteiger partial charge < -0.3 is 10.1 Å². The number of fused-ring (bicyclic) bond motifs is 1. The third-order valence-electron chi connectivity index (χ3n) is 2.03. The summed E-state index contributed by atoms with van der Waals surface area (Å²) in [6.45, 7) is 0. The second-order valence-corrected chi connectivity index (χ2v) is 2.88. The number of ketones is 1. The molecule has 2 N–H and O–H groups in total. The van der Waals surface area contributed by atoms with E-state index in [0.29, 0.717) is 5.52 Å². The second kappa shape index (κ2) is 2.99. The molecular weight excluding hydrogens is 182 g/mol. The lowest BCUT2D eigenvalue weighted by molar-refractivity contribution is -0.131. The molecular formula is C10H7NO3. The molecule has 4 heteroatoms. The van der Waals surface area contributed by atoms with Crippen LogP contribution < -0.4 is 0 Å². The van der Waals surface area contributed by atoms with Crippen molar-refractivity contribution in [2.45, 2.75) is 0 Å². The number of carbonyl (C=O) groups excluding carboxylic acids is 1. The standard InChI is InChI=1S/C10H7NO3/c12-9(10(13)14)7-3-1-2-6-4-5-11-8(6)7/h1-5,11H,(H,13,14). The highest BCUT2D eigenvalue weighted by Gasteiger charge is 2.17. The van der Waals surface area contributed by atoms with Crippen LogP contribution in [0.25, 0.3) is 10.9 Å². The first-order valence-electron chi connectivity index (χ1n) is 4.04. The topological polar surface area (TPSA) is 70.2 Å². The predicted octanol–water partition coefficient (Wildman–Crippen LogP) is 1.44. The van der Waals surface area contributed by atoms with Crippen LogP contribution in [0.5, 0.6) is 0 Å². The first-order chi connectivity index (χ1) is 6.70. The molecule has 0 saturated heterocycles. The molecule has 0 aliphatic carbocycles. The number of H-pyrrole nitrogens is 1. The molecule has 2 aromatic rings. The van der Waals surface area contributed by atoms with Gasteiger partial charge in [0, 0.05) is 11.6 Å². The third kappa shape index (κ3) is 1.17. The van der Waals surface area contributed by atoms with Crippen molar-refractivity contribution in [3.8, 4) is 0 Å². The molecule has 0 amide bonds. The van der Waals surface area contributed by atoms with Gasteiger partial charge in [-0.3, -0.25) is 4.79 Å². The average molecular weight is 189 g/mol. The lowest BCUT2D eigenvalue weighted by Gasteiger charge is -1.97. The van der Waals surface area contributed by atoms with E-state index in [4.69, 9.17) is 5.11 Å². The number of aliphatic carboxylic acids is 1. The SMILES string of the molecule is O=C(O)C(=O)c1cccc2cc[nH]c12. The van der Waals surface area contributed by atoms with Crippen LogP contribution >= 0.6 is 0 Å². The molecule has 0 spiro atoms. The molecule has 0 aliphatic heterocycles. The Balaban J connectivity index is 2.67. The minimum Gasteiger partial charge on any atom is -0.475 e. The number of aromatic nitrogens is 1. The van der Waals surface area contributed by atoms with E-state index in [9.17, 15) is 9.59 Å². The number of Topliss-reactive ketones (excluding diaryl/α,β-unsaturated/α-hetero) is 1. The lowest BCUT2D eigenvalue weighted by atomic mass is 10.1. The third-order valence-corrected chi connectivity index (χ3v) is 2.03. The number of para-hydroxylation sites is 1. The zero-order valence-electron chi connectivity index (χ0n) is 7.15. The van der Waals surface area contributed by atoms with Gasteiger partial charge in [-0.25, -0.2) is 4.79 Å². The minimum atomic E-state index is -1.44. The highest BCUT2D eigenvalue weighted by Crippen LogP contribution is 2.17. The van der Waals surface area contributed by atoms with Crippen molar-refractivity contribution in [3.05, 3.63) is 36.0 Å². The van der Waals surface area contributed by atoms with Crippen LogP contribution in [-0.4, -0.2) is 21.8 Å². The first-order valence-corrected chi connectivity index (χ1v) is 4.04. The first kappa shape index (κ1) is 8.50. The van der Waals surface area contributed by atoms with Crippen LogP contribution in [-0.2, 0) is 4.79 Å². The average Bonchev–Trinajstić information content (AvgIpc) is 2.63. The molecule has 4 nitrogen and oxygen atoms in total. The molecule has 0 saturated carbocycles. The van der Waals surface area contributed by atoms with Crippen LogP contribution in [0.4, 0.5) is 0 Å². The largest absolute Gasteiger partial charge is 0.475 e. The Labute approximate surface area is 79.2 Å². The molecule has 1 aromatic heterocycles. The number of carboxylic acid groups (broad SMARTS) is 1. The van der Waals surface area contributed by atoms with E-state index in [2.05, 4.69) is 4.98 Å². The number of aromatic amines is 1. The maximum atomic E-state index is 11.2. The van der Waals surface area contributed by atoms with Gasteiger partial charge in [0.15, 0.2) is 0 Å².